The van der Waals surface area contributed by atoms with Crippen LogP contribution in [0.25, 0.3) is 0 Å². The molecule has 2 fully saturated rings. The average molecular weight is 302 g/mol. The van der Waals surface area contributed by atoms with E-state index in [1.54, 1.807) is 0 Å². The summed E-state index contributed by atoms with van der Waals surface area (Å²) in [5.41, 5.74) is 0.863. The van der Waals surface area contributed by atoms with E-state index in [1.165, 1.54) is 12.8 Å². The molecule has 1 aromatic carbocycles. The second-order valence-corrected chi connectivity index (χ2v) is 6.60. The monoisotopic (exact) mass is 302 g/mol. The third-order valence-electron chi connectivity index (χ3n) is 5.38. The largest absolute Gasteiger partial charge is 0.454 e. The zero-order chi connectivity index (χ0) is 15.0. The third-order valence-corrected chi connectivity index (χ3v) is 5.38. The molecule has 0 spiro atoms. The molecule has 2 atom stereocenters. The Labute approximate surface area is 130 Å². The molecule has 22 heavy (non-hydrogen) atoms. The minimum absolute atomic E-state index is 0.186. The van der Waals surface area contributed by atoms with Crippen molar-refractivity contribution in [2.24, 2.45) is 11.3 Å². The van der Waals surface area contributed by atoms with E-state index >= 15 is 0 Å². The summed E-state index contributed by atoms with van der Waals surface area (Å²) in [5.74, 6) is 2.25. The number of fused-ring (bicyclic) bond motifs is 2. The van der Waals surface area contributed by atoms with Crippen molar-refractivity contribution in [1.82, 2.24) is 10.6 Å². The van der Waals surface area contributed by atoms with Gasteiger partial charge in [0, 0.05) is 13.1 Å². The van der Waals surface area contributed by atoms with Gasteiger partial charge in [-0.25, -0.2) is 0 Å². The highest BCUT2D eigenvalue weighted by atomic mass is 16.7. The highest BCUT2D eigenvalue weighted by molar-refractivity contribution is 5.83. The molecule has 2 heterocycles. The predicted octanol–water partition coefficient (Wildman–Crippen LogP) is 1.81. The van der Waals surface area contributed by atoms with Gasteiger partial charge >= 0.3 is 0 Å². The van der Waals surface area contributed by atoms with E-state index in [2.05, 4.69) is 10.6 Å². The first kappa shape index (κ1) is 13.9. The van der Waals surface area contributed by atoms with Crippen LogP contribution in [0.2, 0.25) is 0 Å². The van der Waals surface area contributed by atoms with E-state index in [-0.39, 0.29) is 18.1 Å². The fourth-order valence-corrected chi connectivity index (χ4v) is 4.10. The molecule has 1 aromatic rings. The van der Waals surface area contributed by atoms with Crippen molar-refractivity contribution in [2.45, 2.75) is 32.2 Å². The van der Waals surface area contributed by atoms with Gasteiger partial charge in [-0.1, -0.05) is 18.9 Å². The van der Waals surface area contributed by atoms with Gasteiger partial charge in [0.2, 0.25) is 12.7 Å². The molecule has 118 valence electrons. The van der Waals surface area contributed by atoms with Gasteiger partial charge in [-0.3, -0.25) is 4.79 Å². The van der Waals surface area contributed by atoms with Crippen LogP contribution < -0.4 is 20.1 Å². The highest BCUT2D eigenvalue weighted by Crippen LogP contribution is 2.44. The molecule has 0 unspecified atom stereocenters. The average Bonchev–Trinajstić information content (AvgIpc) is 3.18. The lowest BCUT2D eigenvalue weighted by Crippen LogP contribution is -2.47. The van der Waals surface area contributed by atoms with Gasteiger partial charge in [-0.15, -0.1) is 0 Å². The quantitative estimate of drug-likeness (QED) is 0.894. The summed E-state index contributed by atoms with van der Waals surface area (Å²) in [5, 5.41) is 6.57. The summed E-state index contributed by atoms with van der Waals surface area (Å²) in [7, 11) is 0. The molecule has 1 saturated carbocycles. The van der Waals surface area contributed by atoms with E-state index in [0.717, 1.165) is 43.0 Å². The first-order valence-electron chi connectivity index (χ1n) is 8.15. The molecule has 1 saturated heterocycles. The van der Waals surface area contributed by atoms with Gasteiger partial charge < -0.3 is 20.1 Å². The molecule has 5 heteroatoms. The Bertz CT molecular complexity index is 589. The Hall–Kier alpha value is -1.75. The van der Waals surface area contributed by atoms with E-state index in [9.17, 15) is 4.79 Å². The Kier molecular flexibility index (Phi) is 3.45. The molecule has 0 radical (unpaired) electrons. The highest BCUT2D eigenvalue weighted by Gasteiger charge is 2.49. The van der Waals surface area contributed by atoms with Gasteiger partial charge in [0.15, 0.2) is 11.5 Å². The summed E-state index contributed by atoms with van der Waals surface area (Å²) in [6.07, 6.45) is 4.60. The number of hydrogen-bond donors (Lipinski definition) is 2. The van der Waals surface area contributed by atoms with Crippen LogP contribution in [0.15, 0.2) is 18.2 Å². The number of hydrogen-bond acceptors (Lipinski definition) is 4. The van der Waals surface area contributed by atoms with Crippen LogP contribution in [0, 0.1) is 11.3 Å². The lowest BCUT2D eigenvalue weighted by molar-refractivity contribution is -0.134. The number of carbonyl (C=O) groups is 1. The second kappa shape index (κ2) is 5.47. The minimum Gasteiger partial charge on any atom is -0.454 e. The summed E-state index contributed by atoms with van der Waals surface area (Å²) in [4.78, 5) is 12.8. The first-order valence-corrected chi connectivity index (χ1v) is 8.15. The predicted molar refractivity (Wildman–Crippen MR) is 81.7 cm³/mol. The van der Waals surface area contributed by atoms with Gasteiger partial charge in [-0.2, -0.15) is 0 Å². The minimum atomic E-state index is -0.186. The van der Waals surface area contributed by atoms with Crippen molar-refractivity contribution >= 4 is 5.91 Å². The van der Waals surface area contributed by atoms with Crippen molar-refractivity contribution in [1.29, 1.82) is 0 Å². The third kappa shape index (κ3) is 2.24. The molecule has 3 aliphatic rings. The molecule has 0 aromatic heterocycles. The fourth-order valence-electron chi connectivity index (χ4n) is 4.10. The summed E-state index contributed by atoms with van der Waals surface area (Å²) in [6.45, 7) is 2.63. The molecular formula is C17H22N2O3. The smallest absolute Gasteiger partial charge is 0.231 e. The molecule has 2 N–H and O–H groups in total. The van der Waals surface area contributed by atoms with Gasteiger partial charge in [0.25, 0.3) is 0 Å². The van der Waals surface area contributed by atoms with E-state index in [1.807, 2.05) is 18.2 Å². The van der Waals surface area contributed by atoms with E-state index < -0.39 is 0 Å². The normalized spacial score (nSPS) is 29.2. The summed E-state index contributed by atoms with van der Waals surface area (Å²) in [6, 6.07) is 5.84. The molecule has 4 rings (SSSR count). The van der Waals surface area contributed by atoms with E-state index in [0.29, 0.717) is 12.5 Å². The molecule has 5 nitrogen and oxygen atoms in total. The maximum Gasteiger partial charge on any atom is 0.231 e. The van der Waals surface area contributed by atoms with Crippen LogP contribution in [0.1, 0.15) is 31.2 Å². The second-order valence-electron chi connectivity index (χ2n) is 6.60. The van der Waals surface area contributed by atoms with Crippen LogP contribution in [0.5, 0.6) is 11.5 Å². The lowest BCUT2D eigenvalue weighted by atomic mass is 9.67. The Morgan fingerprint density at radius 3 is 3.18 bits per heavy atom. The van der Waals surface area contributed by atoms with Crippen molar-refractivity contribution in [2.75, 3.05) is 19.9 Å². The topological polar surface area (TPSA) is 59.6 Å². The maximum absolute atomic E-state index is 12.8. The number of amides is 1. The summed E-state index contributed by atoms with van der Waals surface area (Å²) >= 11 is 0. The SMILES string of the molecule is O=C(NCc1ccc2c(c1)OCO2)[C@@]12CCCC[C@H]1CNC2. The van der Waals surface area contributed by atoms with Crippen molar-refractivity contribution in [3.8, 4) is 11.5 Å². The van der Waals surface area contributed by atoms with Crippen molar-refractivity contribution < 1.29 is 14.3 Å². The van der Waals surface area contributed by atoms with Gasteiger partial charge in [-0.05, 0) is 43.0 Å². The van der Waals surface area contributed by atoms with Crippen molar-refractivity contribution in [3.05, 3.63) is 23.8 Å². The Balaban J connectivity index is 1.44. The van der Waals surface area contributed by atoms with Crippen LogP contribution in [0.4, 0.5) is 0 Å². The molecule has 1 amide bonds. The van der Waals surface area contributed by atoms with Crippen LogP contribution in [0.3, 0.4) is 0 Å². The molecular weight excluding hydrogens is 280 g/mol. The van der Waals surface area contributed by atoms with E-state index in [4.69, 9.17) is 9.47 Å². The first-order chi connectivity index (χ1) is 10.8. The Morgan fingerprint density at radius 1 is 1.32 bits per heavy atom. The van der Waals surface area contributed by atoms with Crippen LogP contribution in [-0.4, -0.2) is 25.8 Å². The molecule has 1 aliphatic carbocycles. The Morgan fingerprint density at radius 2 is 2.23 bits per heavy atom. The number of benzene rings is 1. The fraction of sp³-hybridized carbons (Fsp3) is 0.588. The zero-order valence-electron chi connectivity index (χ0n) is 12.7. The standard InChI is InChI=1S/C17H22N2O3/c20-16(17-6-2-1-3-13(17)9-18-10-17)19-8-12-4-5-14-15(7-12)22-11-21-14/h4-5,7,13,18H,1-3,6,8-11H2,(H,19,20)/t13-,17+/m0/s1. The van der Waals surface area contributed by atoms with Gasteiger partial charge in [0.05, 0.1) is 5.41 Å². The van der Waals surface area contributed by atoms with Gasteiger partial charge in [0.1, 0.15) is 0 Å². The maximum atomic E-state index is 12.8. The summed E-state index contributed by atoms with van der Waals surface area (Å²) < 4.78 is 10.7. The number of rotatable bonds is 3. The van der Waals surface area contributed by atoms with Crippen molar-refractivity contribution in [3.63, 3.8) is 0 Å². The number of ether oxygens (including phenoxy) is 2. The number of nitrogens with one attached hydrogen (secondary N) is 2. The lowest BCUT2D eigenvalue weighted by Gasteiger charge is -2.37. The number of carbonyl (C=O) groups excluding carboxylic acids is 1. The molecule has 0 bridgehead atoms. The van der Waals surface area contributed by atoms with Crippen LogP contribution >= 0.6 is 0 Å². The van der Waals surface area contributed by atoms with Crippen LogP contribution in [-0.2, 0) is 11.3 Å². The molecule has 2 aliphatic heterocycles. The zero-order valence-corrected chi connectivity index (χ0v) is 12.7.